The maximum Gasteiger partial charge on any atom is 0.225 e. The van der Waals surface area contributed by atoms with Crippen LogP contribution in [0.25, 0.3) is 0 Å². The van der Waals surface area contributed by atoms with Gasteiger partial charge in [-0.05, 0) is 13.3 Å². The number of rotatable bonds is 5. The molecule has 0 aliphatic heterocycles. The predicted octanol–water partition coefficient (Wildman–Crippen LogP) is 2.07. The van der Waals surface area contributed by atoms with E-state index in [0.717, 1.165) is 19.5 Å². The molecule has 0 atom stereocenters. The number of anilines is 1. The van der Waals surface area contributed by atoms with Crippen LogP contribution >= 0.6 is 11.6 Å². The highest BCUT2D eigenvalue weighted by Crippen LogP contribution is 2.06. The zero-order valence-corrected chi connectivity index (χ0v) is 8.84. The quantitative estimate of drug-likeness (QED) is 0.708. The maximum absolute atomic E-state index is 12.5. The summed E-state index contributed by atoms with van der Waals surface area (Å²) in [4.78, 5) is 9.76. The Kier molecular flexibility index (Phi) is 4.59. The lowest BCUT2D eigenvalue weighted by Crippen LogP contribution is -2.26. The molecule has 1 aromatic rings. The monoisotopic (exact) mass is 217 g/mol. The molecule has 5 heteroatoms. The molecular formula is C9H13ClFN3. The SMILES string of the molecule is CCN(CCCCl)c1ncc(F)cn1. The van der Waals surface area contributed by atoms with Gasteiger partial charge in [0.1, 0.15) is 0 Å². The van der Waals surface area contributed by atoms with Gasteiger partial charge in [-0.2, -0.15) is 0 Å². The lowest BCUT2D eigenvalue weighted by Gasteiger charge is -2.19. The second-order valence-electron chi connectivity index (χ2n) is 2.82. The number of aromatic nitrogens is 2. The Morgan fingerprint density at radius 2 is 2.07 bits per heavy atom. The van der Waals surface area contributed by atoms with Crippen molar-refractivity contribution >= 4 is 17.5 Å². The summed E-state index contributed by atoms with van der Waals surface area (Å²) in [6.45, 7) is 3.59. The van der Waals surface area contributed by atoms with Gasteiger partial charge in [0.05, 0.1) is 12.4 Å². The van der Waals surface area contributed by atoms with Crippen molar-refractivity contribution in [3.8, 4) is 0 Å². The van der Waals surface area contributed by atoms with E-state index in [-0.39, 0.29) is 0 Å². The summed E-state index contributed by atoms with van der Waals surface area (Å²) in [6.07, 6.45) is 3.22. The van der Waals surface area contributed by atoms with Crippen molar-refractivity contribution < 1.29 is 4.39 Å². The number of nitrogens with zero attached hydrogens (tertiary/aromatic N) is 3. The van der Waals surface area contributed by atoms with Crippen molar-refractivity contribution in [2.45, 2.75) is 13.3 Å². The first kappa shape index (κ1) is 11.2. The van der Waals surface area contributed by atoms with Crippen LogP contribution in [-0.2, 0) is 0 Å². The number of halogens is 2. The zero-order valence-electron chi connectivity index (χ0n) is 8.08. The molecule has 0 bridgehead atoms. The molecule has 1 rings (SSSR count). The van der Waals surface area contributed by atoms with Gasteiger partial charge in [0.25, 0.3) is 0 Å². The Labute approximate surface area is 87.9 Å². The van der Waals surface area contributed by atoms with Gasteiger partial charge in [0.2, 0.25) is 5.95 Å². The van der Waals surface area contributed by atoms with Gasteiger partial charge in [-0.1, -0.05) is 0 Å². The van der Waals surface area contributed by atoms with Gasteiger partial charge in [-0.15, -0.1) is 11.6 Å². The summed E-state index contributed by atoms with van der Waals surface area (Å²) in [7, 11) is 0. The summed E-state index contributed by atoms with van der Waals surface area (Å²) in [5.74, 6) is 0.749. The van der Waals surface area contributed by atoms with Crippen LogP contribution in [0.1, 0.15) is 13.3 Å². The minimum atomic E-state index is -0.415. The fourth-order valence-electron chi connectivity index (χ4n) is 1.12. The topological polar surface area (TPSA) is 29.0 Å². The van der Waals surface area contributed by atoms with Crippen LogP contribution in [0.5, 0.6) is 0 Å². The lowest BCUT2D eigenvalue weighted by molar-refractivity contribution is 0.610. The van der Waals surface area contributed by atoms with Crippen LogP contribution in [0.3, 0.4) is 0 Å². The highest BCUT2D eigenvalue weighted by atomic mass is 35.5. The molecule has 1 aromatic heterocycles. The van der Waals surface area contributed by atoms with E-state index in [1.54, 1.807) is 0 Å². The highest BCUT2D eigenvalue weighted by molar-refractivity contribution is 6.17. The fraction of sp³-hybridized carbons (Fsp3) is 0.556. The van der Waals surface area contributed by atoms with Crippen LogP contribution in [0.4, 0.5) is 10.3 Å². The number of hydrogen-bond donors (Lipinski definition) is 0. The second kappa shape index (κ2) is 5.75. The van der Waals surface area contributed by atoms with Crippen LogP contribution in [0, 0.1) is 5.82 Å². The smallest absolute Gasteiger partial charge is 0.225 e. The van der Waals surface area contributed by atoms with E-state index in [9.17, 15) is 4.39 Å². The molecule has 0 aromatic carbocycles. The third-order valence-electron chi connectivity index (χ3n) is 1.83. The summed E-state index contributed by atoms with van der Waals surface area (Å²) in [5, 5.41) is 0. The van der Waals surface area contributed by atoms with Crippen molar-refractivity contribution in [2.75, 3.05) is 23.9 Å². The van der Waals surface area contributed by atoms with E-state index in [4.69, 9.17) is 11.6 Å². The van der Waals surface area contributed by atoms with Crippen LogP contribution in [-0.4, -0.2) is 28.9 Å². The summed E-state index contributed by atoms with van der Waals surface area (Å²) >= 11 is 5.59. The van der Waals surface area contributed by atoms with E-state index in [2.05, 4.69) is 9.97 Å². The summed E-state index contributed by atoms with van der Waals surface area (Å²) in [5.41, 5.74) is 0. The third-order valence-corrected chi connectivity index (χ3v) is 2.10. The molecular weight excluding hydrogens is 205 g/mol. The largest absolute Gasteiger partial charge is 0.341 e. The number of hydrogen-bond acceptors (Lipinski definition) is 3. The Bertz CT molecular complexity index is 265. The van der Waals surface area contributed by atoms with Gasteiger partial charge in [0.15, 0.2) is 5.82 Å². The Balaban J connectivity index is 2.64. The van der Waals surface area contributed by atoms with Crippen LogP contribution in [0.2, 0.25) is 0 Å². The normalized spacial score (nSPS) is 10.2. The first-order chi connectivity index (χ1) is 6.77. The molecule has 0 N–H and O–H groups in total. The maximum atomic E-state index is 12.5. The van der Waals surface area contributed by atoms with Gasteiger partial charge in [0, 0.05) is 19.0 Å². The van der Waals surface area contributed by atoms with E-state index >= 15 is 0 Å². The van der Waals surface area contributed by atoms with Gasteiger partial charge in [-0.3, -0.25) is 0 Å². The standard InChI is InChI=1S/C9H13ClFN3/c1-2-14(5-3-4-10)9-12-6-8(11)7-13-9/h6-7H,2-5H2,1H3. The van der Waals surface area contributed by atoms with E-state index < -0.39 is 5.82 Å². The molecule has 0 amide bonds. The molecule has 14 heavy (non-hydrogen) atoms. The second-order valence-corrected chi connectivity index (χ2v) is 3.20. The minimum Gasteiger partial charge on any atom is -0.341 e. The minimum absolute atomic E-state index is 0.415. The molecule has 0 saturated carbocycles. The number of alkyl halides is 1. The zero-order chi connectivity index (χ0) is 10.4. The molecule has 0 aliphatic rings. The highest BCUT2D eigenvalue weighted by Gasteiger charge is 2.06. The Morgan fingerprint density at radius 3 is 2.57 bits per heavy atom. The first-order valence-corrected chi connectivity index (χ1v) is 5.09. The Hall–Kier alpha value is -0.900. The molecule has 0 saturated heterocycles. The van der Waals surface area contributed by atoms with E-state index in [0.29, 0.717) is 11.8 Å². The van der Waals surface area contributed by atoms with Crippen molar-refractivity contribution in [3.05, 3.63) is 18.2 Å². The van der Waals surface area contributed by atoms with Gasteiger partial charge < -0.3 is 4.90 Å². The fourth-order valence-corrected chi connectivity index (χ4v) is 1.24. The first-order valence-electron chi connectivity index (χ1n) is 4.56. The third kappa shape index (κ3) is 3.10. The Morgan fingerprint density at radius 1 is 1.43 bits per heavy atom. The molecule has 0 radical (unpaired) electrons. The summed E-state index contributed by atoms with van der Waals surface area (Å²) < 4.78 is 12.5. The molecule has 0 fully saturated rings. The van der Waals surface area contributed by atoms with Crippen molar-refractivity contribution in [3.63, 3.8) is 0 Å². The average molecular weight is 218 g/mol. The van der Waals surface area contributed by atoms with E-state index in [1.807, 2.05) is 11.8 Å². The molecule has 0 aliphatic carbocycles. The molecule has 3 nitrogen and oxygen atoms in total. The van der Waals surface area contributed by atoms with E-state index in [1.165, 1.54) is 12.4 Å². The molecule has 78 valence electrons. The lowest BCUT2D eigenvalue weighted by atomic mass is 10.4. The van der Waals surface area contributed by atoms with Gasteiger partial charge in [-0.25, -0.2) is 14.4 Å². The summed E-state index contributed by atoms with van der Waals surface area (Å²) in [6, 6.07) is 0. The average Bonchev–Trinajstić information content (AvgIpc) is 2.21. The molecule has 0 unspecified atom stereocenters. The van der Waals surface area contributed by atoms with Crippen molar-refractivity contribution in [1.82, 2.24) is 9.97 Å². The van der Waals surface area contributed by atoms with Crippen molar-refractivity contribution in [1.29, 1.82) is 0 Å². The molecule has 0 spiro atoms. The van der Waals surface area contributed by atoms with Crippen LogP contribution in [0.15, 0.2) is 12.4 Å². The predicted molar refractivity (Wildman–Crippen MR) is 55.2 cm³/mol. The van der Waals surface area contributed by atoms with Gasteiger partial charge >= 0.3 is 0 Å². The van der Waals surface area contributed by atoms with Crippen molar-refractivity contribution in [2.24, 2.45) is 0 Å². The molecule has 1 heterocycles. The van der Waals surface area contributed by atoms with Crippen LogP contribution < -0.4 is 4.90 Å².